The van der Waals surface area contributed by atoms with Crippen LogP contribution >= 0.6 is 0 Å². The highest BCUT2D eigenvalue weighted by Crippen LogP contribution is 2.13. The molecule has 0 saturated carbocycles. The van der Waals surface area contributed by atoms with Gasteiger partial charge < -0.3 is 10.1 Å². The molecule has 0 aliphatic carbocycles. The molecule has 0 unspecified atom stereocenters. The number of benzene rings is 1. The van der Waals surface area contributed by atoms with Crippen LogP contribution in [0.5, 0.6) is 0 Å². The summed E-state index contributed by atoms with van der Waals surface area (Å²) in [5.41, 5.74) is 1.34. The average molecular weight is 261 g/mol. The number of nitrogens with one attached hydrogen (secondary N) is 1. The van der Waals surface area contributed by atoms with E-state index in [1.54, 1.807) is 31.2 Å². The van der Waals surface area contributed by atoms with E-state index in [1.807, 2.05) is 0 Å². The van der Waals surface area contributed by atoms with Crippen LogP contribution in [0.25, 0.3) is 0 Å². The SMILES string of the molecule is COC(=O)/C=C(\C)C(=O)c1ccc(NC(C)=O)cc1. The maximum absolute atomic E-state index is 12.0. The largest absolute Gasteiger partial charge is 0.466 e. The molecule has 0 spiro atoms. The summed E-state index contributed by atoms with van der Waals surface area (Å²) in [7, 11) is 1.25. The molecule has 1 amide bonds. The van der Waals surface area contributed by atoms with Gasteiger partial charge in [0.05, 0.1) is 7.11 Å². The van der Waals surface area contributed by atoms with Crippen LogP contribution in [0.1, 0.15) is 24.2 Å². The Bertz CT molecular complexity index is 529. The fourth-order valence-electron chi connectivity index (χ4n) is 1.44. The molecule has 0 heterocycles. The maximum Gasteiger partial charge on any atom is 0.330 e. The lowest BCUT2D eigenvalue weighted by Gasteiger charge is -2.04. The van der Waals surface area contributed by atoms with Crippen molar-refractivity contribution >= 4 is 23.3 Å². The van der Waals surface area contributed by atoms with Gasteiger partial charge in [-0.3, -0.25) is 9.59 Å². The van der Waals surface area contributed by atoms with Gasteiger partial charge in [0, 0.05) is 29.8 Å². The first-order valence-corrected chi connectivity index (χ1v) is 5.62. The molecule has 0 atom stereocenters. The number of hydrogen-bond acceptors (Lipinski definition) is 4. The molecule has 0 saturated heterocycles. The van der Waals surface area contributed by atoms with Gasteiger partial charge in [-0.15, -0.1) is 0 Å². The molecule has 0 aliphatic rings. The number of amides is 1. The molecule has 1 N–H and O–H groups in total. The highest BCUT2D eigenvalue weighted by Gasteiger charge is 2.10. The van der Waals surface area contributed by atoms with Gasteiger partial charge in [0.25, 0.3) is 0 Å². The Hall–Kier alpha value is -2.43. The number of allylic oxidation sites excluding steroid dienone is 1. The van der Waals surface area contributed by atoms with Gasteiger partial charge in [-0.1, -0.05) is 0 Å². The van der Waals surface area contributed by atoms with Crippen molar-refractivity contribution in [3.05, 3.63) is 41.5 Å². The second-order valence-electron chi connectivity index (χ2n) is 3.94. The van der Waals surface area contributed by atoms with Crippen molar-refractivity contribution in [2.45, 2.75) is 13.8 Å². The van der Waals surface area contributed by atoms with Gasteiger partial charge in [-0.25, -0.2) is 4.79 Å². The molecule has 5 heteroatoms. The topological polar surface area (TPSA) is 72.5 Å². The number of hydrogen-bond donors (Lipinski definition) is 1. The van der Waals surface area contributed by atoms with Crippen molar-refractivity contribution in [1.29, 1.82) is 0 Å². The minimum absolute atomic E-state index is 0.180. The summed E-state index contributed by atoms with van der Waals surface area (Å²) in [5, 5.41) is 2.60. The Kier molecular flexibility index (Phi) is 5.00. The van der Waals surface area contributed by atoms with Crippen molar-refractivity contribution in [1.82, 2.24) is 0 Å². The number of esters is 1. The Morgan fingerprint density at radius 1 is 1.11 bits per heavy atom. The van der Waals surface area contributed by atoms with Gasteiger partial charge in [0.2, 0.25) is 5.91 Å². The number of rotatable bonds is 4. The highest BCUT2D eigenvalue weighted by molar-refractivity contribution is 6.11. The van der Waals surface area contributed by atoms with Gasteiger partial charge in [0.15, 0.2) is 5.78 Å². The number of ether oxygens (including phenoxy) is 1. The van der Waals surface area contributed by atoms with Crippen LogP contribution in [0.15, 0.2) is 35.9 Å². The number of carbonyl (C=O) groups is 3. The molecule has 1 aromatic carbocycles. The predicted molar refractivity (Wildman–Crippen MR) is 70.8 cm³/mol. The lowest BCUT2D eigenvalue weighted by Crippen LogP contribution is -2.07. The van der Waals surface area contributed by atoms with E-state index in [0.717, 1.165) is 6.08 Å². The summed E-state index contributed by atoms with van der Waals surface area (Å²) in [6, 6.07) is 6.42. The van der Waals surface area contributed by atoms with Crippen LogP contribution in [-0.4, -0.2) is 24.8 Å². The van der Waals surface area contributed by atoms with Crippen LogP contribution in [0, 0.1) is 0 Å². The lowest BCUT2D eigenvalue weighted by molar-refractivity contribution is -0.134. The molecular weight excluding hydrogens is 246 g/mol. The zero-order valence-electron chi connectivity index (χ0n) is 11.0. The van der Waals surface area contributed by atoms with Gasteiger partial charge >= 0.3 is 5.97 Å². The van der Waals surface area contributed by atoms with Crippen LogP contribution in [0.2, 0.25) is 0 Å². The molecule has 19 heavy (non-hydrogen) atoms. The Labute approximate surface area is 111 Å². The van der Waals surface area contributed by atoms with E-state index in [1.165, 1.54) is 14.0 Å². The summed E-state index contributed by atoms with van der Waals surface area (Å²) in [6.07, 6.45) is 1.14. The summed E-state index contributed by atoms with van der Waals surface area (Å²) in [6.45, 7) is 2.95. The van der Waals surface area contributed by atoms with Crippen molar-refractivity contribution < 1.29 is 19.1 Å². The quantitative estimate of drug-likeness (QED) is 0.511. The van der Waals surface area contributed by atoms with E-state index in [2.05, 4.69) is 10.1 Å². The summed E-state index contributed by atoms with van der Waals surface area (Å²) < 4.78 is 4.45. The second-order valence-corrected chi connectivity index (χ2v) is 3.94. The van der Waals surface area contributed by atoms with Crippen LogP contribution in [0.4, 0.5) is 5.69 Å². The third-order valence-electron chi connectivity index (χ3n) is 2.36. The Balaban J connectivity index is 2.86. The van der Waals surface area contributed by atoms with Crippen molar-refractivity contribution in [2.24, 2.45) is 0 Å². The zero-order valence-corrected chi connectivity index (χ0v) is 11.0. The number of Topliss-reactive ketones (excluding diaryl/α,β-unsaturated/α-hetero) is 1. The van der Waals surface area contributed by atoms with E-state index >= 15 is 0 Å². The standard InChI is InChI=1S/C14H15NO4/c1-9(8-13(17)19-3)14(18)11-4-6-12(7-5-11)15-10(2)16/h4-8H,1-3H3,(H,15,16)/b9-8+. The second kappa shape index (κ2) is 6.49. The highest BCUT2D eigenvalue weighted by atomic mass is 16.5. The van der Waals surface area contributed by atoms with Crippen LogP contribution < -0.4 is 5.32 Å². The third-order valence-corrected chi connectivity index (χ3v) is 2.36. The molecular formula is C14H15NO4. The molecule has 0 fully saturated rings. The summed E-state index contributed by atoms with van der Waals surface area (Å²) in [5.74, 6) is -1.01. The first-order valence-electron chi connectivity index (χ1n) is 5.62. The first-order chi connectivity index (χ1) is 8.93. The van der Waals surface area contributed by atoms with Crippen LogP contribution in [0.3, 0.4) is 0 Å². The number of methoxy groups -OCH3 is 1. The van der Waals surface area contributed by atoms with Crippen molar-refractivity contribution in [2.75, 3.05) is 12.4 Å². The molecule has 1 rings (SSSR count). The number of anilines is 1. The van der Waals surface area contributed by atoms with Crippen molar-refractivity contribution in [3.63, 3.8) is 0 Å². The fraction of sp³-hybridized carbons (Fsp3) is 0.214. The summed E-state index contributed by atoms with van der Waals surface area (Å²) in [4.78, 5) is 33.9. The fourth-order valence-corrected chi connectivity index (χ4v) is 1.44. The molecule has 0 bridgehead atoms. The Morgan fingerprint density at radius 3 is 2.16 bits per heavy atom. The zero-order chi connectivity index (χ0) is 14.4. The molecule has 1 aromatic rings. The van der Waals surface area contributed by atoms with Gasteiger partial charge in [-0.2, -0.15) is 0 Å². The monoisotopic (exact) mass is 261 g/mol. The minimum Gasteiger partial charge on any atom is -0.466 e. The number of ketones is 1. The van der Waals surface area contributed by atoms with E-state index < -0.39 is 5.97 Å². The molecule has 5 nitrogen and oxygen atoms in total. The third kappa shape index (κ3) is 4.39. The van der Waals surface area contributed by atoms with E-state index in [9.17, 15) is 14.4 Å². The predicted octanol–water partition coefficient (Wildman–Crippen LogP) is 1.95. The van der Waals surface area contributed by atoms with E-state index in [-0.39, 0.29) is 11.7 Å². The molecule has 0 aromatic heterocycles. The van der Waals surface area contributed by atoms with Crippen molar-refractivity contribution in [3.8, 4) is 0 Å². The lowest BCUT2D eigenvalue weighted by atomic mass is 10.0. The molecule has 0 radical (unpaired) electrons. The maximum atomic E-state index is 12.0. The van der Waals surface area contributed by atoms with Gasteiger partial charge in [0.1, 0.15) is 0 Å². The smallest absolute Gasteiger partial charge is 0.330 e. The van der Waals surface area contributed by atoms with E-state index in [0.29, 0.717) is 16.8 Å². The Morgan fingerprint density at radius 2 is 1.68 bits per heavy atom. The molecule has 100 valence electrons. The molecule has 0 aliphatic heterocycles. The summed E-state index contributed by atoms with van der Waals surface area (Å²) >= 11 is 0. The van der Waals surface area contributed by atoms with Crippen LogP contribution in [-0.2, 0) is 14.3 Å². The van der Waals surface area contributed by atoms with Gasteiger partial charge in [-0.05, 0) is 31.2 Å². The first kappa shape index (κ1) is 14.6. The minimum atomic E-state index is -0.569. The van der Waals surface area contributed by atoms with E-state index in [4.69, 9.17) is 0 Å². The number of carbonyl (C=O) groups excluding carboxylic acids is 3. The average Bonchev–Trinajstić information content (AvgIpc) is 2.37. The normalized spacial score (nSPS) is 10.8.